The molecule has 0 unspecified atom stereocenters. The fourth-order valence-electron chi connectivity index (χ4n) is 6.24. The van der Waals surface area contributed by atoms with Crippen LogP contribution < -0.4 is 4.90 Å². The van der Waals surface area contributed by atoms with Gasteiger partial charge in [-0.2, -0.15) is 21.4 Å². The highest BCUT2D eigenvalue weighted by Crippen LogP contribution is 2.33. The maximum absolute atomic E-state index is 11.3. The molecule has 0 heterocycles. The van der Waals surface area contributed by atoms with Crippen molar-refractivity contribution in [3.8, 4) is 0 Å². The highest BCUT2D eigenvalue weighted by atomic mass is 32.2. The average molecular weight is 730 g/mol. The molecule has 0 atom stereocenters. The second-order valence-electron chi connectivity index (χ2n) is 12.8. The highest BCUT2D eigenvalue weighted by molar-refractivity contribution is 7.86. The molecule has 8 nitrogen and oxygen atoms in total. The van der Waals surface area contributed by atoms with E-state index in [9.17, 15) is 25.9 Å². The van der Waals surface area contributed by atoms with E-state index in [2.05, 4.69) is 71.9 Å². The number of allylic oxidation sites excluding steroid dienone is 8. The van der Waals surface area contributed by atoms with Gasteiger partial charge in [-0.1, -0.05) is 97.1 Å². The quantitative estimate of drug-likeness (QED) is 0.0366. The van der Waals surface area contributed by atoms with Gasteiger partial charge in [0.15, 0.2) is 5.71 Å². The van der Waals surface area contributed by atoms with Crippen molar-refractivity contribution in [2.24, 2.45) is 0 Å². The van der Waals surface area contributed by atoms with Gasteiger partial charge in [0.05, 0.1) is 22.6 Å². The molecule has 4 rings (SSSR count). The molecule has 0 amide bonds. The van der Waals surface area contributed by atoms with Crippen LogP contribution in [0.4, 0.5) is 11.4 Å². The van der Waals surface area contributed by atoms with E-state index >= 15 is 0 Å². The van der Waals surface area contributed by atoms with Crippen LogP contribution in [0, 0.1) is 13.8 Å². The van der Waals surface area contributed by atoms with Gasteiger partial charge in [0.1, 0.15) is 6.54 Å². The van der Waals surface area contributed by atoms with Crippen LogP contribution in [0.3, 0.4) is 0 Å². The summed E-state index contributed by atoms with van der Waals surface area (Å²) in [6.45, 7) is 9.42. The first-order valence-corrected chi connectivity index (χ1v) is 20.4. The Labute approximate surface area is 303 Å². The number of hydrogen-bond acceptors (Lipinski definition) is 5. The zero-order valence-electron chi connectivity index (χ0n) is 29.9. The van der Waals surface area contributed by atoms with Crippen LogP contribution in [-0.2, 0) is 20.2 Å². The first kappa shape index (κ1) is 39.4. The lowest BCUT2D eigenvalue weighted by atomic mass is 10.0. The van der Waals surface area contributed by atoms with Gasteiger partial charge in [0.2, 0.25) is 5.69 Å². The van der Waals surface area contributed by atoms with E-state index in [4.69, 9.17) is 0 Å². The molecule has 0 aliphatic carbocycles. The Morgan fingerprint density at radius 1 is 0.667 bits per heavy atom. The number of aryl methyl sites for hydroxylation is 2. The van der Waals surface area contributed by atoms with E-state index in [0.29, 0.717) is 38.8 Å². The Kier molecular flexibility index (Phi) is 14.1. The molecule has 0 radical (unpaired) electrons. The van der Waals surface area contributed by atoms with Crippen molar-refractivity contribution >= 4 is 58.9 Å². The standard InChI is InChI=1S/C41H48N2O6S2/c1-32-24-26-36-20-10-12-22-38(36)40(32)42(28-14-16-30-50(44,45)46)34(3)18-8-6-5-7-9-19-35(4)43(29-15-17-31-51(47,48)49)41-33(2)25-27-37-21-11-13-23-39(37)41/h5-13,18-27H,14-17,28-31H2,1-4H3,(H-,44,45,46,47,48,49)/p+1. The van der Waals surface area contributed by atoms with E-state index in [1.165, 1.54) is 0 Å². The predicted molar refractivity (Wildman–Crippen MR) is 213 cm³/mol. The summed E-state index contributed by atoms with van der Waals surface area (Å²) in [7, 11) is -8.02. The van der Waals surface area contributed by atoms with Crippen molar-refractivity contribution in [1.29, 1.82) is 0 Å². The smallest absolute Gasteiger partial charge is 0.264 e. The molecule has 270 valence electrons. The SMILES string of the molecule is C\C(=C/C=C/C=C/C=C/C(C)=[N+](\CCCCS(=O)(=O)O)c1c(C)ccc2ccccc12)N(CCCCS(=O)(=O)O)c1c(C)ccc2ccccc12. The molecule has 0 saturated heterocycles. The van der Waals surface area contributed by atoms with Gasteiger partial charge in [-0.25, -0.2) is 0 Å². The van der Waals surface area contributed by atoms with E-state index in [-0.39, 0.29) is 11.5 Å². The summed E-state index contributed by atoms with van der Waals surface area (Å²) < 4.78 is 65.9. The van der Waals surface area contributed by atoms with Crippen LogP contribution in [0.5, 0.6) is 0 Å². The summed E-state index contributed by atoms with van der Waals surface area (Å²) in [4.78, 5) is 2.22. The maximum atomic E-state index is 11.3. The first-order valence-electron chi connectivity index (χ1n) is 17.2. The minimum absolute atomic E-state index is 0.263. The normalized spacial score (nSPS) is 13.6. The fraction of sp³-hybridized carbons (Fsp3) is 0.293. The third kappa shape index (κ3) is 11.9. The Morgan fingerprint density at radius 2 is 1.22 bits per heavy atom. The Morgan fingerprint density at radius 3 is 1.88 bits per heavy atom. The topological polar surface area (TPSA) is 115 Å². The van der Waals surface area contributed by atoms with Gasteiger partial charge < -0.3 is 4.90 Å². The maximum Gasteiger partial charge on any atom is 0.264 e. The lowest BCUT2D eigenvalue weighted by Crippen LogP contribution is -2.24. The monoisotopic (exact) mass is 729 g/mol. The summed E-state index contributed by atoms with van der Waals surface area (Å²) in [5, 5.41) is 4.48. The van der Waals surface area contributed by atoms with Crippen LogP contribution in [0.2, 0.25) is 0 Å². The molecule has 0 aliphatic rings. The van der Waals surface area contributed by atoms with Crippen LogP contribution in [0.25, 0.3) is 21.5 Å². The van der Waals surface area contributed by atoms with E-state index in [1.54, 1.807) is 0 Å². The van der Waals surface area contributed by atoms with Gasteiger partial charge in [0.25, 0.3) is 20.2 Å². The number of benzene rings is 4. The molecular formula is C41H49N2O6S2+. The molecule has 2 N–H and O–H groups in total. The average Bonchev–Trinajstić information content (AvgIpc) is 3.07. The predicted octanol–water partition coefficient (Wildman–Crippen LogP) is 9.13. The zero-order valence-corrected chi connectivity index (χ0v) is 31.5. The van der Waals surface area contributed by atoms with Gasteiger partial charge in [0, 0.05) is 42.6 Å². The summed E-state index contributed by atoms with van der Waals surface area (Å²) in [6, 6.07) is 24.8. The largest absolute Gasteiger partial charge is 0.345 e. The number of fused-ring (bicyclic) bond motifs is 2. The second kappa shape index (κ2) is 18.2. The number of anilines is 1. The summed E-state index contributed by atoms with van der Waals surface area (Å²) in [5.41, 5.74) is 6.39. The molecule has 0 spiro atoms. The van der Waals surface area contributed by atoms with Gasteiger partial charge in [-0.15, -0.1) is 0 Å². The summed E-state index contributed by atoms with van der Waals surface area (Å²) >= 11 is 0. The van der Waals surface area contributed by atoms with Gasteiger partial charge >= 0.3 is 0 Å². The van der Waals surface area contributed by atoms with Crippen molar-refractivity contribution in [3.63, 3.8) is 0 Å². The van der Waals surface area contributed by atoms with Gasteiger partial charge in [-0.3, -0.25) is 9.11 Å². The number of rotatable bonds is 17. The minimum Gasteiger partial charge on any atom is -0.345 e. The molecule has 0 aromatic heterocycles. The number of nitrogens with zero attached hydrogens (tertiary/aromatic N) is 2. The summed E-state index contributed by atoms with van der Waals surface area (Å²) in [5.74, 6) is -0.527. The van der Waals surface area contributed by atoms with Gasteiger partial charge in [-0.05, 0) is 68.5 Å². The molecule has 10 heteroatoms. The van der Waals surface area contributed by atoms with E-state index < -0.39 is 20.2 Å². The molecule has 4 aromatic rings. The Hall–Kier alpha value is -4.35. The van der Waals surface area contributed by atoms with Crippen molar-refractivity contribution in [2.45, 2.75) is 53.4 Å². The lowest BCUT2D eigenvalue weighted by molar-refractivity contribution is -0.439. The van der Waals surface area contributed by atoms with Crippen LogP contribution in [0.1, 0.15) is 50.7 Å². The Bertz CT molecular complexity index is 2220. The molecule has 51 heavy (non-hydrogen) atoms. The van der Waals surface area contributed by atoms with Crippen molar-refractivity contribution in [1.82, 2.24) is 0 Å². The minimum atomic E-state index is -4.01. The molecule has 0 bridgehead atoms. The van der Waals surface area contributed by atoms with Crippen LogP contribution in [-0.4, -0.2) is 60.8 Å². The Balaban J connectivity index is 1.55. The van der Waals surface area contributed by atoms with E-state index in [1.807, 2.05) is 80.6 Å². The number of hydrogen-bond donors (Lipinski definition) is 2. The van der Waals surface area contributed by atoms with E-state index in [0.717, 1.165) is 55.5 Å². The third-order valence-electron chi connectivity index (χ3n) is 8.78. The molecule has 0 aliphatic heterocycles. The van der Waals surface area contributed by atoms with Crippen molar-refractivity contribution in [3.05, 3.63) is 132 Å². The second-order valence-corrected chi connectivity index (χ2v) is 15.9. The lowest BCUT2D eigenvalue weighted by Gasteiger charge is -2.29. The summed E-state index contributed by atoms with van der Waals surface area (Å²) in [6.07, 6.45) is 15.8. The van der Waals surface area contributed by atoms with Crippen LogP contribution in [0.15, 0.2) is 121 Å². The molecular weight excluding hydrogens is 681 g/mol. The van der Waals surface area contributed by atoms with Crippen molar-refractivity contribution < 1.29 is 30.5 Å². The number of unbranched alkanes of at least 4 members (excludes halogenated alkanes) is 2. The van der Waals surface area contributed by atoms with Crippen molar-refractivity contribution in [2.75, 3.05) is 29.5 Å². The fourth-order valence-corrected chi connectivity index (χ4v) is 7.38. The first-order chi connectivity index (χ1) is 24.2. The molecule has 0 fully saturated rings. The highest BCUT2D eigenvalue weighted by Gasteiger charge is 2.20. The molecule has 4 aromatic carbocycles. The third-order valence-corrected chi connectivity index (χ3v) is 10.4. The van der Waals surface area contributed by atoms with Crippen LogP contribution >= 0.6 is 0 Å². The zero-order chi connectivity index (χ0) is 37.0. The molecule has 0 saturated carbocycles.